The Balaban J connectivity index is 2.24. The van der Waals surface area contributed by atoms with Crippen molar-refractivity contribution < 1.29 is 14.6 Å². The second kappa shape index (κ2) is 5.92. The summed E-state index contributed by atoms with van der Waals surface area (Å²) in [6.07, 6.45) is 4.79. The van der Waals surface area contributed by atoms with Crippen molar-refractivity contribution in [3.05, 3.63) is 46.2 Å². The van der Waals surface area contributed by atoms with Crippen LogP contribution < -0.4 is 4.74 Å². The summed E-state index contributed by atoms with van der Waals surface area (Å²) in [7, 11) is 3.23. The first kappa shape index (κ1) is 14.3. The Kier molecular flexibility index (Phi) is 4.24. The van der Waals surface area contributed by atoms with Gasteiger partial charge in [0, 0.05) is 12.6 Å². The zero-order valence-electron chi connectivity index (χ0n) is 11.0. The van der Waals surface area contributed by atoms with Gasteiger partial charge >= 0.3 is 0 Å². The van der Waals surface area contributed by atoms with Crippen molar-refractivity contribution in [2.45, 2.75) is 0 Å². The predicted molar refractivity (Wildman–Crippen MR) is 78.9 cm³/mol. The van der Waals surface area contributed by atoms with Gasteiger partial charge in [-0.1, -0.05) is 0 Å². The van der Waals surface area contributed by atoms with Crippen molar-refractivity contribution >= 4 is 27.8 Å². The molecule has 0 amide bonds. The number of aromatic hydroxyl groups is 1. The molecular formula is C14H13BrN2O3. The van der Waals surface area contributed by atoms with Crippen LogP contribution in [-0.4, -0.2) is 27.8 Å². The zero-order valence-corrected chi connectivity index (χ0v) is 12.6. The van der Waals surface area contributed by atoms with E-state index >= 15 is 0 Å². The van der Waals surface area contributed by atoms with Crippen LogP contribution in [0.4, 0.5) is 0 Å². The first-order valence-corrected chi connectivity index (χ1v) is 6.59. The molecule has 0 atom stereocenters. The third-order valence-corrected chi connectivity index (χ3v) is 3.41. The second-order valence-corrected chi connectivity index (χ2v) is 4.94. The van der Waals surface area contributed by atoms with Gasteiger partial charge in [-0.2, -0.15) is 5.10 Å². The van der Waals surface area contributed by atoms with Gasteiger partial charge in [0.15, 0.2) is 17.3 Å². The van der Waals surface area contributed by atoms with Crippen molar-refractivity contribution in [3.63, 3.8) is 0 Å². The van der Waals surface area contributed by atoms with Crippen LogP contribution in [0.5, 0.6) is 11.5 Å². The number of aryl methyl sites for hydroxylation is 1. The summed E-state index contributed by atoms with van der Waals surface area (Å²) in [4.78, 5) is 12.1. The number of halogens is 1. The minimum Gasteiger partial charge on any atom is -0.504 e. The third-order valence-electron chi connectivity index (χ3n) is 2.79. The Morgan fingerprint density at radius 2 is 2.25 bits per heavy atom. The van der Waals surface area contributed by atoms with Crippen molar-refractivity contribution in [3.8, 4) is 11.5 Å². The van der Waals surface area contributed by atoms with E-state index in [0.29, 0.717) is 5.56 Å². The van der Waals surface area contributed by atoms with Crippen LogP contribution >= 0.6 is 15.9 Å². The molecule has 1 aromatic heterocycles. The van der Waals surface area contributed by atoms with E-state index in [-0.39, 0.29) is 17.3 Å². The van der Waals surface area contributed by atoms with E-state index in [0.717, 1.165) is 10.2 Å². The summed E-state index contributed by atoms with van der Waals surface area (Å²) in [5.74, 6) is 0.0878. The highest BCUT2D eigenvalue weighted by Crippen LogP contribution is 2.26. The molecule has 1 heterocycles. The first-order chi connectivity index (χ1) is 9.52. The molecule has 0 bridgehead atoms. The summed E-state index contributed by atoms with van der Waals surface area (Å²) in [5.41, 5.74) is 1.23. The zero-order chi connectivity index (χ0) is 14.7. The molecule has 0 saturated heterocycles. The number of hydrogen-bond donors (Lipinski definition) is 1. The van der Waals surface area contributed by atoms with E-state index in [1.165, 1.54) is 25.3 Å². The van der Waals surface area contributed by atoms with Crippen LogP contribution in [0, 0.1) is 0 Å². The SMILES string of the molecule is COc1cc(C(=O)C=Cc2c(Br)cnn2C)ccc1O. The summed E-state index contributed by atoms with van der Waals surface area (Å²) in [6.45, 7) is 0. The maximum atomic E-state index is 12.1. The predicted octanol–water partition coefficient (Wildman–Crippen LogP) is 2.79. The van der Waals surface area contributed by atoms with Gasteiger partial charge in [0.05, 0.1) is 23.5 Å². The second-order valence-electron chi connectivity index (χ2n) is 4.09. The highest BCUT2D eigenvalue weighted by atomic mass is 79.9. The van der Waals surface area contributed by atoms with Gasteiger partial charge in [-0.25, -0.2) is 0 Å². The van der Waals surface area contributed by atoms with E-state index in [2.05, 4.69) is 21.0 Å². The number of ether oxygens (including phenoxy) is 1. The van der Waals surface area contributed by atoms with Gasteiger partial charge in [0.25, 0.3) is 0 Å². The molecule has 0 spiro atoms. The number of nitrogens with zero attached hydrogens (tertiary/aromatic N) is 2. The Labute approximate surface area is 124 Å². The van der Waals surface area contributed by atoms with Crippen LogP contribution in [0.25, 0.3) is 6.08 Å². The number of carbonyl (C=O) groups is 1. The van der Waals surface area contributed by atoms with E-state index in [9.17, 15) is 9.90 Å². The van der Waals surface area contributed by atoms with Gasteiger partial charge in [-0.15, -0.1) is 0 Å². The van der Waals surface area contributed by atoms with Crippen molar-refractivity contribution in [2.24, 2.45) is 7.05 Å². The molecule has 0 saturated carbocycles. The lowest BCUT2D eigenvalue weighted by molar-refractivity contribution is 0.104. The summed E-state index contributed by atoms with van der Waals surface area (Å²) < 4.78 is 7.45. The van der Waals surface area contributed by atoms with Crippen LogP contribution in [0.2, 0.25) is 0 Å². The molecule has 2 aromatic rings. The number of carbonyl (C=O) groups excluding carboxylic acids is 1. The summed E-state index contributed by atoms with van der Waals surface area (Å²) in [5, 5.41) is 13.6. The summed E-state index contributed by atoms with van der Waals surface area (Å²) >= 11 is 3.36. The molecular weight excluding hydrogens is 324 g/mol. The fourth-order valence-corrected chi connectivity index (χ4v) is 2.17. The molecule has 0 aliphatic rings. The molecule has 0 aliphatic heterocycles. The number of ketones is 1. The maximum absolute atomic E-state index is 12.1. The lowest BCUT2D eigenvalue weighted by Crippen LogP contribution is -1.97. The highest BCUT2D eigenvalue weighted by Gasteiger charge is 2.08. The average molecular weight is 337 g/mol. The fourth-order valence-electron chi connectivity index (χ4n) is 1.69. The molecule has 2 rings (SSSR count). The summed E-state index contributed by atoms with van der Waals surface area (Å²) in [6, 6.07) is 4.48. The maximum Gasteiger partial charge on any atom is 0.186 e. The lowest BCUT2D eigenvalue weighted by Gasteiger charge is -2.04. The van der Waals surface area contributed by atoms with Crippen LogP contribution in [-0.2, 0) is 7.05 Å². The smallest absolute Gasteiger partial charge is 0.186 e. The van der Waals surface area contributed by atoms with Crippen LogP contribution in [0.15, 0.2) is 34.9 Å². The minimum absolute atomic E-state index is 0.00223. The van der Waals surface area contributed by atoms with E-state index in [1.54, 1.807) is 30.1 Å². The lowest BCUT2D eigenvalue weighted by atomic mass is 10.1. The van der Waals surface area contributed by atoms with E-state index in [1.807, 2.05) is 0 Å². The van der Waals surface area contributed by atoms with Crippen molar-refractivity contribution in [1.29, 1.82) is 0 Å². The van der Waals surface area contributed by atoms with Crippen LogP contribution in [0.3, 0.4) is 0 Å². The monoisotopic (exact) mass is 336 g/mol. The third kappa shape index (κ3) is 2.91. The van der Waals surface area contributed by atoms with Crippen LogP contribution in [0.1, 0.15) is 16.1 Å². The highest BCUT2D eigenvalue weighted by molar-refractivity contribution is 9.10. The van der Waals surface area contributed by atoms with Gasteiger partial charge in [0.1, 0.15) is 0 Å². The number of benzene rings is 1. The molecule has 20 heavy (non-hydrogen) atoms. The first-order valence-electron chi connectivity index (χ1n) is 5.80. The largest absolute Gasteiger partial charge is 0.504 e. The average Bonchev–Trinajstić information content (AvgIpc) is 2.76. The number of rotatable bonds is 4. The van der Waals surface area contributed by atoms with Gasteiger partial charge in [0.2, 0.25) is 0 Å². The Bertz CT molecular complexity index is 658. The van der Waals surface area contributed by atoms with Gasteiger partial charge < -0.3 is 9.84 Å². The molecule has 0 aliphatic carbocycles. The Morgan fingerprint density at radius 3 is 2.85 bits per heavy atom. The molecule has 6 heteroatoms. The Morgan fingerprint density at radius 1 is 1.50 bits per heavy atom. The van der Waals surface area contributed by atoms with Crippen molar-refractivity contribution in [2.75, 3.05) is 7.11 Å². The fraction of sp³-hybridized carbons (Fsp3) is 0.143. The normalized spacial score (nSPS) is 10.9. The van der Waals surface area contributed by atoms with E-state index < -0.39 is 0 Å². The van der Waals surface area contributed by atoms with Gasteiger partial charge in [-0.3, -0.25) is 9.48 Å². The standard InChI is InChI=1S/C14H13BrN2O3/c1-17-11(10(15)8-16-17)4-6-12(18)9-3-5-13(19)14(7-9)20-2/h3-8,19H,1-2H3. The number of hydrogen-bond acceptors (Lipinski definition) is 4. The van der Waals surface area contributed by atoms with E-state index in [4.69, 9.17) is 4.74 Å². The van der Waals surface area contributed by atoms with Gasteiger partial charge in [-0.05, 0) is 46.3 Å². The number of methoxy groups -OCH3 is 1. The Hall–Kier alpha value is -2.08. The molecule has 0 unspecified atom stereocenters. The molecule has 104 valence electrons. The molecule has 1 aromatic carbocycles. The number of phenols is 1. The number of aromatic nitrogens is 2. The molecule has 0 fully saturated rings. The topological polar surface area (TPSA) is 64.3 Å². The number of phenolic OH excluding ortho intramolecular Hbond substituents is 1. The molecule has 1 N–H and O–H groups in total. The molecule has 5 nitrogen and oxygen atoms in total. The quantitative estimate of drug-likeness (QED) is 0.688. The molecule has 0 radical (unpaired) electrons. The minimum atomic E-state index is -0.184. The number of allylic oxidation sites excluding steroid dienone is 1. The van der Waals surface area contributed by atoms with Crippen molar-refractivity contribution in [1.82, 2.24) is 9.78 Å².